The molecule has 2 heterocycles. The van der Waals surface area contributed by atoms with Crippen molar-refractivity contribution in [3.05, 3.63) is 21.8 Å². The molecule has 6 heteroatoms. The molecule has 2 aromatic rings. The van der Waals surface area contributed by atoms with Gasteiger partial charge in [0.15, 0.2) is 0 Å². The van der Waals surface area contributed by atoms with Gasteiger partial charge in [-0.2, -0.15) is 4.98 Å². The molecule has 0 spiro atoms. The normalized spacial score (nSPS) is 33.2. The van der Waals surface area contributed by atoms with E-state index in [9.17, 15) is 0 Å². The van der Waals surface area contributed by atoms with Crippen LogP contribution in [0.4, 0.5) is 0 Å². The molecule has 2 aliphatic carbocycles. The highest BCUT2D eigenvalue weighted by Gasteiger charge is 2.48. The van der Waals surface area contributed by atoms with Crippen LogP contribution in [0, 0.1) is 11.8 Å². The summed E-state index contributed by atoms with van der Waals surface area (Å²) in [5.41, 5.74) is 6.32. The first-order valence-corrected chi connectivity index (χ1v) is 8.23. The zero-order valence-corrected chi connectivity index (χ0v) is 12.7. The fraction of sp³-hybridized carbons (Fsp3) is 0.538. The molecule has 0 amide bonds. The molecule has 0 radical (unpaired) electrons. The van der Waals surface area contributed by atoms with Crippen LogP contribution in [0.15, 0.2) is 20.4 Å². The van der Waals surface area contributed by atoms with Crippen LogP contribution in [0.5, 0.6) is 0 Å². The summed E-state index contributed by atoms with van der Waals surface area (Å²) >= 11 is 5.05. The average molecular weight is 340 g/mol. The topological polar surface area (TPSA) is 64.9 Å². The zero-order chi connectivity index (χ0) is 13.0. The number of aromatic nitrogens is 2. The second kappa shape index (κ2) is 4.40. The first-order valence-electron chi connectivity index (χ1n) is 6.56. The number of thiophene rings is 1. The Hall–Kier alpha value is -0.720. The van der Waals surface area contributed by atoms with Gasteiger partial charge in [-0.3, -0.25) is 0 Å². The maximum atomic E-state index is 6.32. The number of hydrogen-bond acceptors (Lipinski definition) is 5. The summed E-state index contributed by atoms with van der Waals surface area (Å²) in [7, 11) is 0. The van der Waals surface area contributed by atoms with E-state index in [4.69, 9.17) is 10.3 Å². The molecule has 100 valence electrons. The van der Waals surface area contributed by atoms with Crippen LogP contribution in [0.2, 0.25) is 0 Å². The quantitative estimate of drug-likeness (QED) is 0.910. The highest BCUT2D eigenvalue weighted by atomic mass is 79.9. The van der Waals surface area contributed by atoms with Crippen molar-refractivity contribution in [3.63, 3.8) is 0 Å². The second-order valence-corrected chi connectivity index (χ2v) is 7.35. The van der Waals surface area contributed by atoms with Crippen LogP contribution in [0.1, 0.15) is 31.1 Å². The van der Waals surface area contributed by atoms with E-state index in [-0.39, 0.29) is 12.0 Å². The van der Waals surface area contributed by atoms with E-state index in [1.807, 2.05) is 11.4 Å². The summed E-state index contributed by atoms with van der Waals surface area (Å²) in [6, 6.07) is 2.21. The van der Waals surface area contributed by atoms with Gasteiger partial charge in [-0.05, 0) is 53.1 Å². The molecule has 19 heavy (non-hydrogen) atoms. The lowest BCUT2D eigenvalue weighted by molar-refractivity contribution is 0.279. The standard InChI is InChI=1S/C13H14BrN3OS/c14-8-4-9(19-5-8)12-16-13(18-17-12)10-6-1-2-7(3-6)11(10)15/h4-7,10-11H,1-3,15H2. The lowest BCUT2D eigenvalue weighted by Crippen LogP contribution is -2.34. The molecular weight excluding hydrogens is 326 g/mol. The van der Waals surface area contributed by atoms with Crippen LogP contribution >= 0.6 is 27.3 Å². The van der Waals surface area contributed by atoms with Crippen molar-refractivity contribution >= 4 is 27.3 Å². The van der Waals surface area contributed by atoms with Gasteiger partial charge < -0.3 is 10.3 Å². The van der Waals surface area contributed by atoms with Crippen LogP contribution < -0.4 is 5.73 Å². The fourth-order valence-electron chi connectivity index (χ4n) is 3.60. The second-order valence-electron chi connectivity index (χ2n) is 5.52. The molecular formula is C13H14BrN3OS. The molecule has 2 bridgehead atoms. The van der Waals surface area contributed by atoms with E-state index in [1.165, 1.54) is 19.3 Å². The molecule has 2 fully saturated rings. The van der Waals surface area contributed by atoms with Crippen molar-refractivity contribution in [1.82, 2.24) is 10.1 Å². The highest BCUT2D eigenvalue weighted by Crippen LogP contribution is 2.51. The summed E-state index contributed by atoms with van der Waals surface area (Å²) < 4.78 is 6.54. The minimum Gasteiger partial charge on any atom is -0.339 e. The number of halogens is 1. The predicted octanol–water partition coefficient (Wildman–Crippen LogP) is 3.40. The average Bonchev–Trinajstić information content (AvgIpc) is 3.10. The van der Waals surface area contributed by atoms with Gasteiger partial charge in [-0.15, -0.1) is 11.3 Å². The maximum absolute atomic E-state index is 6.32. The summed E-state index contributed by atoms with van der Waals surface area (Å²) in [5, 5.41) is 6.13. The van der Waals surface area contributed by atoms with E-state index in [0.29, 0.717) is 17.7 Å². The molecule has 2 aromatic heterocycles. The Bertz CT molecular complexity index is 609. The van der Waals surface area contributed by atoms with Gasteiger partial charge in [0.2, 0.25) is 11.7 Å². The summed E-state index contributed by atoms with van der Waals surface area (Å²) in [6.07, 6.45) is 3.75. The number of nitrogens with zero attached hydrogens (tertiary/aromatic N) is 2. The molecule has 2 aliphatic rings. The van der Waals surface area contributed by atoms with Gasteiger partial charge >= 0.3 is 0 Å². The van der Waals surface area contributed by atoms with Crippen molar-refractivity contribution in [1.29, 1.82) is 0 Å². The lowest BCUT2D eigenvalue weighted by Gasteiger charge is -2.24. The van der Waals surface area contributed by atoms with Gasteiger partial charge in [0.1, 0.15) is 0 Å². The first-order chi connectivity index (χ1) is 9.22. The van der Waals surface area contributed by atoms with Crippen LogP contribution in [0.3, 0.4) is 0 Å². The Balaban J connectivity index is 1.65. The number of nitrogens with two attached hydrogens (primary N) is 1. The van der Waals surface area contributed by atoms with E-state index in [2.05, 4.69) is 26.1 Å². The largest absolute Gasteiger partial charge is 0.339 e. The Labute approximate surface area is 123 Å². The van der Waals surface area contributed by atoms with Crippen molar-refractivity contribution in [3.8, 4) is 10.7 Å². The van der Waals surface area contributed by atoms with E-state index >= 15 is 0 Å². The SMILES string of the molecule is NC1C2CCC(C2)C1c1nc(-c2cc(Br)cs2)no1. The molecule has 4 nitrogen and oxygen atoms in total. The fourth-order valence-corrected chi connectivity index (χ4v) is 4.95. The monoisotopic (exact) mass is 339 g/mol. The van der Waals surface area contributed by atoms with Gasteiger partial charge in [0, 0.05) is 15.9 Å². The smallest absolute Gasteiger partial charge is 0.231 e. The molecule has 0 saturated heterocycles. The third-order valence-electron chi connectivity index (χ3n) is 4.50. The Kier molecular flexibility index (Phi) is 2.79. The predicted molar refractivity (Wildman–Crippen MR) is 76.9 cm³/mol. The minimum absolute atomic E-state index is 0.196. The summed E-state index contributed by atoms with van der Waals surface area (Å²) in [4.78, 5) is 5.60. The van der Waals surface area contributed by atoms with Crippen molar-refractivity contribution in [2.24, 2.45) is 17.6 Å². The van der Waals surface area contributed by atoms with Crippen molar-refractivity contribution < 1.29 is 4.52 Å². The Morgan fingerprint density at radius 2 is 2.21 bits per heavy atom. The molecule has 4 atom stereocenters. The summed E-state index contributed by atoms with van der Waals surface area (Å²) in [6.45, 7) is 0. The van der Waals surface area contributed by atoms with Crippen LogP contribution in [-0.2, 0) is 0 Å². The third kappa shape index (κ3) is 1.88. The number of fused-ring (bicyclic) bond motifs is 2. The van der Waals surface area contributed by atoms with Crippen molar-refractivity contribution in [2.45, 2.75) is 31.2 Å². The molecule has 2 saturated carbocycles. The molecule has 4 rings (SSSR count). The van der Waals surface area contributed by atoms with Gasteiger partial charge in [0.05, 0.1) is 10.8 Å². The minimum atomic E-state index is 0.196. The molecule has 0 aromatic carbocycles. The van der Waals surface area contributed by atoms with E-state index < -0.39 is 0 Å². The Morgan fingerprint density at radius 3 is 2.89 bits per heavy atom. The van der Waals surface area contributed by atoms with Crippen LogP contribution in [-0.4, -0.2) is 16.2 Å². The Morgan fingerprint density at radius 1 is 1.37 bits per heavy atom. The number of hydrogen-bond donors (Lipinski definition) is 1. The zero-order valence-electron chi connectivity index (χ0n) is 10.3. The van der Waals surface area contributed by atoms with Gasteiger partial charge in [-0.1, -0.05) is 5.16 Å². The first kappa shape index (κ1) is 12.1. The molecule has 4 unspecified atom stereocenters. The highest BCUT2D eigenvalue weighted by molar-refractivity contribution is 9.10. The number of rotatable bonds is 2. The third-order valence-corrected chi connectivity index (χ3v) is 6.18. The maximum Gasteiger partial charge on any atom is 0.231 e. The summed E-state index contributed by atoms with van der Waals surface area (Å²) in [5.74, 6) is 2.98. The van der Waals surface area contributed by atoms with Gasteiger partial charge in [-0.25, -0.2) is 0 Å². The van der Waals surface area contributed by atoms with Crippen LogP contribution in [0.25, 0.3) is 10.7 Å². The molecule has 2 N–H and O–H groups in total. The van der Waals surface area contributed by atoms with Gasteiger partial charge in [0.25, 0.3) is 0 Å². The lowest BCUT2D eigenvalue weighted by atomic mass is 9.85. The van der Waals surface area contributed by atoms with E-state index in [1.54, 1.807) is 11.3 Å². The van der Waals surface area contributed by atoms with Crippen molar-refractivity contribution in [2.75, 3.05) is 0 Å². The van der Waals surface area contributed by atoms with E-state index in [0.717, 1.165) is 15.2 Å². The molecule has 0 aliphatic heterocycles.